The average Bonchev–Trinajstić information content (AvgIpc) is 2.81. The molecule has 0 fully saturated rings. The third kappa shape index (κ3) is 2.78. The summed E-state index contributed by atoms with van der Waals surface area (Å²) in [7, 11) is 4.30. The second-order valence-electron chi connectivity index (χ2n) is 6.22. The Morgan fingerprint density at radius 3 is 2.70 bits per heavy atom. The van der Waals surface area contributed by atoms with Gasteiger partial charge in [-0.05, 0) is 33.4 Å². The van der Waals surface area contributed by atoms with Gasteiger partial charge in [0.25, 0.3) is 0 Å². The Morgan fingerprint density at radius 1 is 1.25 bits per heavy atom. The van der Waals surface area contributed by atoms with Crippen molar-refractivity contribution >= 4 is 0 Å². The predicted octanol–water partition coefficient (Wildman–Crippen LogP) is 2.98. The molecule has 0 radical (unpaired) electrons. The van der Waals surface area contributed by atoms with Crippen LogP contribution >= 0.6 is 0 Å². The number of imidazole rings is 1. The van der Waals surface area contributed by atoms with Crippen LogP contribution in [0, 0.1) is 12.8 Å². The zero-order valence-electron chi connectivity index (χ0n) is 12.6. The van der Waals surface area contributed by atoms with Gasteiger partial charge in [-0.1, -0.05) is 29.8 Å². The molecular weight excluding hydrogens is 246 g/mol. The Morgan fingerprint density at radius 2 is 2.00 bits per heavy atom. The van der Waals surface area contributed by atoms with Gasteiger partial charge < -0.3 is 9.47 Å². The number of benzene rings is 1. The molecular formula is C17H23N3. The maximum Gasteiger partial charge on any atom is 0.109 e. The van der Waals surface area contributed by atoms with Crippen LogP contribution in [0.2, 0.25) is 0 Å². The largest absolute Gasteiger partial charge is 0.334 e. The lowest BCUT2D eigenvalue weighted by Gasteiger charge is -2.25. The van der Waals surface area contributed by atoms with Crippen molar-refractivity contribution in [2.75, 3.05) is 20.6 Å². The fourth-order valence-electron chi connectivity index (χ4n) is 3.03. The molecule has 0 saturated heterocycles. The van der Waals surface area contributed by atoms with E-state index in [0.29, 0.717) is 0 Å². The van der Waals surface area contributed by atoms with Crippen LogP contribution in [-0.2, 0) is 13.0 Å². The molecule has 106 valence electrons. The minimum Gasteiger partial charge on any atom is -0.334 e. The molecule has 3 nitrogen and oxygen atoms in total. The lowest BCUT2D eigenvalue weighted by atomic mass is 9.97. The van der Waals surface area contributed by atoms with Crippen molar-refractivity contribution < 1.29 is 0 Å². The van der Waals surface area contributed by atoms with Crippen molar-refractivity contribution in [2.45, 2.75) is 26.3 Å². The molecule has 0 spiro atoms. The first-order valence-electron chi connectivity index (χ1n) is 7.39. The SMILES string of the molecule is Cc1ccc(-c2cn3c(n2)CC(CN(C)C)CC3)cc1. The summed E-state index contributed by atoms with van der Waals surface area (Å²) < 4.78 is 2.33. The normalized spacial score (nSPS) is 18.3. The Kier molecular flexibility index (Phi) is 3.62. The zero-order valence-corrected chi connectivity index (χ0v) is 12.6. The molecule has 2 aromatic rings. The summed E-state index contributed by atoms with van der Waals surface area (Å²) in [5.41, 5.74) is 3.64. The van der Waals surface area contributed by atoms with Gasteiger partial charge in [0.15, 0.2) is 0 Å². The number of hydrogen-bond donors (Lipinski definition) is 0. The van der Waals surface area contributed by atoms with Gasteiger partial charge in [0.05, 0.1) is 5.69 Å². The monoisotopic (exact) mass is 269 g/mol. The first-order valence-corrected chi connectivity index (χ1v) is 7.39. The third-order valence-electron chi connectivity index (χ3n) is 4.08. The van der Waals surface area contributed by atoms with E-state index in [2.05, 4.69) is 60.9 Å². The summed E-state index contributed by atoms with van der Waals surface area (Å²) in [6.45, 7) is 4.38. The molecule has 0 amide bonds. The van der Waals surface area contributed by atoms with Gasteiger partial charge in [-0.15, -0.1) is 0 Å². The molecule has 1 aliphatic rings. The van der Waals surface area contributed by atoms with E-state index in [0.717, 1.165) is 31.1 Å². The fourth-order valence-corrected chi connectivity index (χ4v) is 3.03. The Bertz CT molecular complexity index is 581. The first-order chi connectivity index (χ1) is 9.61. The minimum absolute atomic E-state index is 0.741. The van der Waals surface area contributed by atoms with Gasteiger partial charge in [-0.25, -0.2) is 4.98 Å². The number of aromatic nitrogens is 2. The molecule has 20 heavy (non-hydrogen) atoms. The Labute approximate surface area is 121 Å². The highest BCUT2D eigenvalue weighted by Gasteiger charge is 2.21. The first kappa shape index (κ1) is 13.4. The molecule has 0 N–H and O–H groups in total. The van der Waals surface area contributed by atoms with E-state index in [9.17, 15) is 0 Å². The summed E-state index contributed by atoms with van der Waals surface area (Å²) >= 11 is 0. The van der Waals surface area contributed by atoms with E-state index < -0.39 is 0 Å². The van der Waals surface area contributed by atoms with Crippen molar-refractivity contribution in [2.24, 2.45) is 5.92 Å². The minimum atomic E-state index is 0.741. The van der Waals surface area contributed by atoms with Crippen LogP contribution < -0.4 is 0 Å². The van der Waals surface area contributed by atoms with E-state index in [4.69, 9.17) is 4.98 Å². The number of rotatable bonds is 3. The molecule has 3 rings (SSSR count). The van der Waals surface area contributed by atoms with Crippen LogP contribution in [0.15, 0.2) is 30.5 Å². The van der Waals surface area contributed by atoms with E-state index in [1.165, 1.54) is 23.4 Å². The average molecular weight is 269 g/mol. The van der Waals surface area contributed by atoms with Crippen LogP contribution in [0.5, 0.6) is 0 Å². The van der Waals surface area contributed by atoms with Crippen LogP contribution in [-0.4, -0.2) is 35.1 Å². The molecule has 2 heterocycles. The maximum atomic E-state index is 4.85. The lowest BCUT2D eigenvalue weighted by molar-refractivity contribution is 0.277. The van der Waals surface area contributed by atoms with Crippen molar-refractivity contribution in [3.8, 4) is 11.3 Å². The molecule has 1 aromatic heterocycles. The van der Waals surface area contributed by atoms with Gasteiger partial charge in [0, 0.05) is 31.3 Å². The summed E-state index contributed by atoms with van der Waals surface area (Å²) in [5.74, 6) is 1.99. The van der Waals surface area contributed by atoms with Crippen LogP contribution in [0.3, 0.4) is 0 Å². The quantitative estimate of drug-likeness (QED) is 0.854. The molecule has 3 heteroatoms. The Balaban J connectivity index is 1.81. The van der Waals surface area contributed by atoms with E-state index in [-0.39, 0.29) is 0 Å². The molecule has 1 unspecified atom stereocenters. The van der Waals surface area contributed by atoms with E-state index in [1.807, 2.05) is 0 Å². The Hall–Kier alpha value is -1.61. The third-order valence-corrected chi connectivity index (χ3v) is 4.08. The summed E-state index contributed by atoms with van der Waals surface area (Å²) in [6.07, 6.45) is 4.57. The number of nitrogens with zero attached hydrogens (tertiary/aromatic N) is 3. The van der Waals surface area contributed by atoms with Crippen molar-refractivity contribution in [1.29, 1.82) is 0 Å². The second-order valence-corrected chi connectivity index (χ2v) is 6.22. The summed E-state index contributed by atoms with van der Waals surface area (Å²) in [5, 5.41) is 0. The molecule has 1 aliphatic heterocycles. The highest BCUT2D eigenvalue weighted by molar-refractivity contribution is 5.59. The molecule has 0 aliphatic carbocycles. The number of fused-ring (bicyclic) bond motifs is 1. The maximum absolute atomic E-state index is 4.85. The van der Waals surface area contributed by atoms with Crippen LogP contribution in [0.1, 0.15) is 17.8 Å². The molecule has 0 bridgehead atoms. The van der Waals surface area contributed by atoms with E-state index in [1.54, 1.807) is 0 Å². The smallest absolute Gasteiger partial charge is 0.109 e. The van der Waals surface area contributed by atoms with Crippen LogP contribution in [0.25, 0.3) is 11.3 Å². The standard InChI is InChI=1S/C17H23N3/c1-13-4-6-15(7-5-13)16-12-20-9-8-14(11-19(2)3)10-17(20)18-16/h4-7,12,14H,8-11H2,1-3H3. The van der Waals surface area contributed by atoms with Gasteiger partial charge in [0.2, 0.25) is 0 Å². The topological polar surface area (TPSA) is 21.1 Å². The van der Waals surface area contributed by atoms with Gasteiger partial charge in [-0.2, -0.15) is 0 Å². The van der Waals surface area contributed by atoms with Crippen molar-refractivity contribution in [1.82, 2.24) is 14.5 Å². The molecule has 1 aromatic carbocycles. The molecule has 0 saturated carbocycles. The number of aryl methyl sites for hydroxylation is 2. The van der Waals surface area contributed by atoms with Gasteiger partial charge in [-0.3, -0.25) is 0 Å². The highest BCUT2D eigenvalue weighted by Crippen LogP contribution is 2.25. The summed E-state index contributed by atoms with van der Waals surface area (Å²) in [6, 6.07) is 8.65. The van der Waals surface area contributed by atoms with Gasteiger partial charge >= 0.3 is 0 Å². The molecule has 1 atom stereocenters. The second kappa shape index (κ2) is 5.41. The zero-order chi connectivity index (χ0) is 14.1. The van der Waals surface area contributed by atoms with Crippen molar-refractivity contribution in [3.63, 3.8) is 0 Å². The number of hydrogen-bond acceptors (Lipinski definition) is 2. The summed E-state index contributed by atoms with van der Waals surface area (Å²) in [4.78, 5) is 7.13. The lowest BCUT2D eigenvalue weighted by Crippen LogP contribution is -2.28. The van der Waals surface area contributed by atoms with E-state index >= 15 is 0 Å². The predicted molar refractivity (Wildman–Crippen MR) is 82.8 cm³/mol. The highest BCUT2D eigenvalue weighted by atomic mass is 15.1. The van der Waals surface area contributed by atoms with Gasteiger partial charge in [0.1, 0.15) is 5.82 Å². The fraction of sp³-hybridized carbons (Fsp3) is 0.471. The van der Waals surface area contributed by atoms with Crippen molar-refractivity contribution in [3.05, 3.63) is 41.9 Å². The van der Waals surface area contributed by atoms with Crippen LogP contribution in [0.4, 0.5) is 0 Å².